The number of aliphatic hydroxyl groups is 1. The second-order valence-electron chi connectivity index (χ2n) is 8.89. The molecule has 9 heteroatoms. The van der Waals surface area contributed by atoms with Gasteiger partial charge in [-0.25, -0.2) is 14.2 Å². The van der Waals surface area contributed by atoms with Crippen LogP contribution in [0.5, 0.6) is 0 Å². The Balaban J connectivity index is 1.29. The predicted molar refractivity (Wildman–Crippen MR) is 141 cm³/mol. The third-order valence-corrected chi connectivity index (χ3v) is 6.18. The molecule has 3 N–H and O–H groups in total. The molecule has 0 saturated carbocycles. The van der Waals surface area contributed by atoms with Gasteiger partial charge in [0.15, 0.2) is 0 Å². The van der Waals surface area contributed by atoms with Crippen LogP contribution < -0.4 is 5.32 Å². The van der Waals surface area contributed by atoms with E-state index in [2.05, 4.69) is 10.3 Å². The van der Waals surface area contributed by atoms with Crippen molar-refractivity contribution < 1.29 is 24.2 Å². The number of aromatic nitrogens is 2. The summed E-state index contributed by atoms with van der Waals surface area (Å²) in [4.78, 5) is 29.7. The summed E-state index contributed by atoms with van der Waals surface area (Å²) in [6.07, 6.45) is 1.76. The summed E-state index contributed by atoms with van der Waals surface area (Å²) in [6, 6.07) is 22.6. The first-order chi connectivity index (χ1) is 18.4. The molecule has 1 heterocycles. The maximum atomic E-state index is 14.0. The highest BCUT2D eigenvalue weighted by atomic mass is 19.1. The monoisotopic (exact) mass is 516 g/mol. The highest BCUT2D eigenvalue weighted by molar-refractivity contribution is 5.91. The van der Waals surface area contributed by atoms with E-state index in [0.717, 1.165) is 5.56 Å². The van der Waals surface area contributed by atoms with Crippen LogP contribution in [0.4, 0.5) is 14.9 Å². The molecule has 0 spiro atoms. The Bertz CT molecular complexity index is 1360. The van der Waals surface area contributed by atoms with Crippen LogP contribution in [-0.2, 0) is 24.2 Å². The number of nitrogens with zero attached hydrogens (tertiary/aromatic N) is 3. The smallest absolute Gasteiger partial charge is 0.407 e. The Morgan fingerprint density at radius 1 is 1.00 bits per heavy atom. The van der Waals surface area contributed by atoms with E-state index in [4.69, 9.17) is 0 Å². The number of benzene rings is 3. The van der Waals surface area contributed by atoms with Gasteiger partial charge in [0.1, 0.15) is 11.6 Å². The van der Waals surface area contributed by atoms with Gasteiger partial charge in [-0.05, 0) is 35.7 Å². The predicted octanol–water partition coefficient (Wildman–Crippen LogP) is 4.51. The van der Waals surface area contributed by atoms with E-state index in [-0.39, 0.29) is 37.8 Å². The molecule has 3 aromatic carbocycles. The maximum absolute atomic E-state index is 14.0. The fourth-order valence-corrected chi connectivity index (χ4v) is 4.08. The lowest BCUT2D eigenvalue weighted by Crippen LogP contribution is -2.35. The standard InChI is InChI=1S/C29H29FN4O4/c30-25-9-5-4-8-23(25)19-33-17-15-31-27(33)18-28(36)32-24-12-10-21(11-13-24)14-16-34(29(37)38)20-26(35)22-6-2-1-3-7-22/h1-13,15,17,26,35H,14,16,18-20H2,(H,32,36)(H,37,38)/t26-/m0/s1. The Morgan fingerprint density at radius 2 is 1.71 bits per heavy atom. The number of rotatable bonds is 11. The van der Waals surface area contributed by atoms with Gasteiger partial charge in [0.25, 0.3) is 0 Å². The summed E-state index contributed by atoms with van der Waals surface area (Å²) in [5.41, 5.74) is 2.66. The maximum Gasteiger partial charge on any atom is 0.407 e. The summed E-state index contributed by atoms with van der Waals surface area (Å²) in [5.74, 6) is -0.0462. The van der Waals surface area contributed by atoms with Crippen LogP contribution in [0.15, 0.2) is 91.3 Å². The van der Waals surface area contributed by atoms with Crippen LogP contribution >= 0.6 is 0 Å². The molecule has 8 nitrogen and oxygen atoms in total. The van der Waals surface area contributed by atoms with Gasteiger partial charge in [-0.15, -0.1) is 0 Å². The molecule has 196 valence electrons. The van der Waals surface area contributed by atoms with E-state index in [0.29, 0.717) is 29.1 Å². The summed E-state index contributed by atoms with van der Waals surface area (Å²) in [7, 11) is 0. The number of carboxylic acid groups (broad SMARTS) is 1. The molecule has 2 amide bonds. The highest BCUT2D eigenvalue weighted by Crippen LogP contribution is 2.16. The second-order valence-corrected chi connectivity index (χ2v) is 8.89. The van der Waals surface area contributed by atoms with Crippen LogP contribution in [0.3, 0.4) is 0 Å². The molecule has 0 fully saturated rings. The molecule has 38 heavy (non-hydrogen) atoms. The van der Waals surface area contributed by atoms with E-state index in [9.17, 15) is 24.2 Å². The number of hydrogen-bond donors (Lipinski definition) is 3. The van der Waals surface area contributed by atoms with E-state index < -0.39 is 12.2 Å². The SMILES string of the molecule is O=C(Cc1nccn1Cc1ccccc1F)Nc1ccc(CCN(C[C@H](O)c2ccccc2)C(=O)O)cc1. The van der Waals surface area contributed by atoms with Crippen molar-refractivity contribution in [3.8, 4) is 0 Å². The zero-order chi connectivity index (χ0) is 26.9. The fraction of sp³-hybridized carbons (Fsp3) is 0.207. The molecule has 0 bridgehead atoms. The zero-order valence-corrected chi connectivity index (χ0v) is 20.7. The van der Waals surface area contributed by atoms with Gasteiger partial charge in [0, 0.05) is 30.2 Å². The quantitative estimate of drug-likeness (QED) is 0.272. The van der Waals surface area contributed by atoms with Gasteiger partial charge < -0.3 is 25.0 Å². The van der Waals surface area contributed by atoms with Crippen molar-refractivity contribution in [2.75, 3.05) is 18.4 Å². The summed E-state index contributed by atoms with van der Waals surface area (Å²) in [6.45, 7) is 0.468. The van der Waals surface area contributed by atoms with Gasteiger partial charge in [-0.2, -0.15) is 0 Å². The average molecular weight is 517 g/mol. The van der Waals surface area contributed by atoms with Crippen molar-refractivity contribution in [3.63, 3.8) is 0 Å². The number of hydrogen-bond acceptors (Lipinski definition) is 4. The van der Waals surface area contributed by atoms with E-state index in [1.807, 2.05) is 18.2 Å². The van der Waals surface area contributed by atoms with E-state index in [1.54, 1.807) is 71.6 Å². The van der Waals surface area contributed by atoms with Crippen molar-refractivity contribution in [1.82, 2.24) is 14.5 Å². The Kier molecular flexibility index (Phi) is 8.84. The molecular formula is C29H29FN4O4. The molecule has 4 aromatic rings. The normalized spacial score (nSPS) is 11.6. The van der Waals surface area contributed by atoms with Crippen molar-refractivity contribution in [2.45, 2.75) is 25.5 Å². The molecule has 0 unspecified atom stereocenters. The van der Waals surface area contributed by atoms with E-state index in [1.165, 1.54) is 11.0 Å². The molecule has 0 aliphatic carbocycles. The first-order valence-corrected chi connectivity index (χ1v) is 12.2. The van der Waals surface area contributed by atoms with Crippen molar-refractivity contribution in [2.24, 2.45) is 0 Å². The van der Waals surface area contributed by atoms with Crippen LogP contribution in [0.1, 0.15) is 28.6 Å². The van der Waals surface area contributed by atoms with Crippen molar-refractivity contribution in [3.05, 3.63) is 120 Å². The van der Waals surface area contributed by atoms with Gasteiger partial charge in [0.2, 0.25) is 5.91 Å². The minimum atomic E-state index is -1.10. The highest BCUT2D eigenvalue weighted by Gasteiger charge is 2.18. The molecule has 4 rings (SSSR count). The molecule has 1 aromatic heterocycles. The van der Waals surface area contributed by atoms with Gasteiger partial charge in [0.05, 0.1) is 25.6 Å². The lowest BCUT2D eigenvalue weighted by molar-refractivity contribution is -0.115. The number of nitrogens with one attached hydrogen (secondary N) is 1. The largest absolute Gasteiger partial charge is 0.465 e. The molecule has 0 saturated heterocycles. The second kappa shape index (κ2) is 12.6. The third-order valence-electron chi connectivity index (χ3n) is 6.18. The fourth-order valence-electron chi connectivity index (χ4n) is 4.08. The number of imidazole rings is 1. The summed E-state index contributed by atoms with van der Waals surface area (Å²) < 4.78 is 15.7. The van der Waals surface area contributed by atoms with E-state index >= 15 is 0 Å². The topological polar surface area (TPSA) is 108 Å². The number of carbonyl (C=O) groups excluding carboxylic acids is 1. The van der Waals surface area contributed by atoms with Crippen LogP contribution in [0, 0.1) is 5.82 Å². The first-order valence-electron chi connectivity index (χ1n) is 12.2. The molecule has 0 aliphatic rings. The molecule has 0 aliphatic heterocycles. The van der Waals surface area contributed by atoms with Crippen molar-refractivity contribution >= 4 is 17.7 Å². The summed E-state index contributed by atoms with van der Waals surface area (Å²) >= 11 is 0. The van der Waals surface area contributed by atoms with Crippen LogP contribution in [-0.4, -0.2) is 49.8 Å². The summed E-state index contributed by atoms with van der Waals surface area (Å²) in [5, 5.41) is 22.8. The number of aliphatic hydroxyl groups excluding tert-OH is 1. The van der Waals surface area contributed by atoms with Crippen molar-refractivity contribution in [1.29, 1.82) is 0 Å². The third kappa shape index (κ3) is 7.27. The Labute approximate surface area is 220 Å². The lowest BCUT2D eigenvalue weighted by Gasteiger charge is -2.22. The molecule has 0 radical (unpaired) electrons. The minimum absolute atomic E-state index is 0.0276. The van der Waals surface area contributed by atoms with Crippen LogP contribution in [0.2, 0.25) is 0 Å². The van der Waals surface area contributed by atoms with Gasteiger partial charge >= 0.3 is 6.09 Å². The number of amides is 2. The molecule has 1 atom stereocenters. The number of halogens is 1. The average Bonchev–Trinajstić information content (AvgIpc) is 3.35. The van der Waals surface area contributed by atoms with Crippen LogP contribution in [0.25, 0.3) is 0 Å². The number of carbonyl (C=O) groups is 2. The number of anilines is 1. The van der Waals surface area contributed by atoms with Gasteiger partial charge in [-0.1, -0.05) is 60.7 Å². The minimum Gasteiger partial charge on any atom is -0.465 e. The first kappa shape index (κ1) is 26.6. The Morgan fingerprint density at radius 3 is 2.42 bits per heavy atom. The van der Waals surface area contributed by atoms with Gasteiger partial charge in [-0.3, -0.25) is 4.79 Å². The Hall–Kier alpha value is -4.50. The lowest BCUT2D eigenvalue weighted by atomic mass is 10.1. The molecular weight excluding hydrogens is 487 g/mol. The zero-order valence-electron chi connectivity index (χ0n) is 20.7.